The maximum Gasteiger partial charge on any atom is 0.343 e. The normalized spacial score (nSPS) is 46.2. The first-order valence-electron chi connectivity index (χ1n) is 10.6. The van der Waals surface area contributed by atoms with Gasteiger partial charge in [-0.05, 0) is 37.4 Å². The van der Waals surface area contributed by atoms with E-state index < -0.39 is 34.0 Å². The predicted molar refractivity (Wildman–Crippen MR) is 104 cm³/mol. The third-order valence-corrected chi connectivity index (χ3v) is 9.01. The summed E-state index contributed by atoms with van der Waals surface area (Å²) in [6.45, 7) is 1.77. The molecule has 30 heavy (non-hydrogen) atoms. The van der Waals surface area contributed by atoms with Gasteiger partial charge in [-0.1, -0.05) is 18.2 Å². The fourth-order valence-corrected chi connectivity index (χ4v) is 8.12. The van der Waals surface area contributed by atoms with Crippen LogP contribution >= 0.6 is 0 Å². The molecule has 0 radical (unpaired) electrons. The highest BCUT2D eigenvalue weighted by molar-refractivity contribution is 5.90. The largest absolute Gasteiger partial charge is 0.467 e. The molecule has 1 aromatic rings. The first-order chi connectivity index (χ1) is 14.5. The predicted octanol–water partition coefficient (Wildman–Crippen LogP) is 0.520. The number of nitrogens with zero attached hydrogens (tertiary/aromatic N) is 1. The number of hydrogen-bond acceptors (Lipinski definition) is 8. The average Bonchev–Trinajstić information content (AvgIpc) is 3.47. The Hall–Kier alpha value is -2.29. The van der Waals surface area contributed by atoms with E-state index in [1.165, 1.54) is 7.11 Å². The van der Waals surface area contributed by atoms with Crippen LogP contribution in [0.25, 0.3) is 0 Å². The van der Waals surface area contributed by atoms with Gasteiger partial charge in [-0.15, -0.1) is 0 Å². The second kappa shape index (κ2) is 4.95. The quantitative estimate of drug-likeness (QED) is 0.454. The molecule has 4 fully saturated rings. The summed E-state index contributed by atoms with van der Waals surface area (Å²) in [6, 6.07) is 3.93. The SMILES string of the molecule is COC(=O)[C@]1(O)[C@H](O)[C@@]23C=CCN4CC[C@@]5(c6ccc7c(c6N[C@]15CC2)OCO7)[C@@H]43. The molecular weight excluding hydrogens is 388 g/mol. The summed E-state index contributed by atoms with van der Waals surface area (Å²) in [5.74, 6) is 0.477. The lowest BCUT2D eigenvalue weighted by Gasteiger charge is -2.71. The smallest absolute Gasteiger partial charge is 0.343 e. The van der Waals surface area contributed by atoms with Crippen molar-refractivity contribution >= 4 is 11.7 Å². The van der Waals surface area contributed by atoms with Crippen LogP contribution in [0.2, 0.25) is 0 Å². The Balaban J connectivity index is 1.59. The van der Waals surface area contributed by atoms with Crippen molar-refractivity contribution in [3.8, 4) is 11.5 Å². The van der Waals surface area contributed by atoms with Crippen molar-refractivity contribution in [3.63, 3.8) is 0 Å². The Morgan fingerprint density at radius 2 is 2.17 bits per heavy atom. The zero-order valence-corrected chi connectivity index (χ0v) is 16.7. The minimum Gasteiger partial charge on any atom is -0.467 e. The number of aliphatic hydroxyl groups is 2. The highest BCUT2D eigenvalue weighted by atomic mass is 16.7. The lowest BCUT2D eigenvalue weighted by molar-refractivity contribution is -0.258. The second-order valence-electron chi connectivity index (χ2n) is 9.55. The van der Waals surface area contributed by atoms with E-state index in [2.05, 4.69) is 16.3 Å². The van der Waals surface area contributed by atoms with Crippen LogP contribution in [0.1, 0.15) is 24.8 Å². The van der Waals surface area contributed by atoms with Crippen molar-refractivity contribution in [2.24, 2.45) is 5.41 Å². The van der Waals surface area contributed by atoms with E-state index in [9.17, 15) is 15.0 Å². The first-order valence-corrected chi connectivity index (χ1v) is 10.6. The number of methoxy groups -OCH3 is 1. The van der Waals surface area contributed by atoms with Gasteiger partial charge in [-0.3, -0.25) is 4.90 Å². The molecular formula is C22H24N2O6. The Labute approximate surface area is 173 Å². The summed E-state index contributed by atoms with van der Waals surface area (Å²) in [5, 5.41) is 27.3. The van der Waals surface area contributed by atoms with E-state index in [4.69, 9.17) is 14.2 Å². The summed E-state index contributed by atoms with van der Waals surface area (Å²) in [7, 11) is 1.27. The molecule has 2 bridgehead atoms. The molecule has 3 saturated carbocycles. The standard InChI is InChI=1S/C22H24N2O6/c1-28-18(26)22(27)17(25)19-5-2-9-24-10-8-20(16(19)24)12-3-4-13-15(30-11-29-13)14(12)23-21(20,22)7-6-19/h2-5,16-17,23,25,27H,6-11H2,1H3/t16-,17+,19-,20+,21-,22+/m0/s1. The molecule has 4 heterocycles. The molecule has 158 valence electrons. The molecule has 6 atom stereocenters. The van der Waals surface area contributed by atoms with E-state index in [-0.39, 0.29) is 12.8 Å². The Morgan fingerprint density at radius 1 is 1.30 bits per heavy atom. The molecule has 1 aromatic carbocycles. The molecule has 7 aliphatic rings. The van der Waals surface area contributed by atoms with Gasteiger partial charge in [-0.2, -0.15) is 0 Å². The van der Waals surface area contributed by atoms with E-state index in [0.717, 1.165) is 30.8 Å². The molecule has 0 amide bonds. The van der Waals surface area contributed by atoms with Gasteiger partial charge >= 0.3 is 5.97 Å². The van der Waals surface area contributed by atoms with Crippen LogP contribution < -0.4 is 14.8 Å². The van der Waals surface area contributed by atoms with Crippen LogP contribution in [0.3, 0.4) is 0 Å². The van der Waals surface area contributed by atoms with Gasteiger partial charge in [0.1, 0.15) is 6.10 Å². The topological polar surface area (TPSA) is 100 Å². The van der Waals surface area contributed by atoms with Crippen LogP contribution in [0, 0.1) is 5.41 Å². The van der Waals surface area contributed by atoms with Crippen LogP contribution in [-0.2, 0) is 14.9 Å². The number of hydrogen-bond donors (Lipinski definition) is 3. The number of fused-ring (bicyclic) bond motifs is 5. The maximum absolute atomic E-state index is 13.2. The molecule has 3 aliphatic carbocycles. The molecule has 8 rings (SSSR count). The van der Waals surface area contributed by atoms with E-state index in [1.807, 2.05) is 18.2 Å². The molecule has 1 saturated heterocycles. The van der Waals surface area contributed by atoms with Crippen LogP contribution in [0.15, 0.2) is 24.3 Å². The minimum atomic E-state index is -2.10. The van der Waals surface area contributed by atoms with Gasteiger partial charge in [0.2, 0.25) is 12.4 Å². The van der Waals surface area contributed by atoms with Crippen molar-refractivity contribution < 1.29 is 29.2 Å². The highest BCUT2D eigenvalue weighted by Gasteiger charge is 2.87. The number of benzene rings is 1. The van der Waals surface area contributed by atoms with Crippen molar-refractivity contribution in [1.82, 2.24) is 4.90 Å². The molecule has 8 nitrogen and oxygen atoms in total. The van der Waals surface area contributed by atoms with Gasteiger partial charge in [0.25, 0.3) is 0 Å². The summed E-state index contributed by atoms with van der Waals surface area (Å²) >= 11 is 0. The summed E-state index contributed by atoms with van der Waals surface area (Å²) in [6.07, 6.45) is 4.81. The average molecular weight is 412 g/mol. The van der Waals surface area contributed by atoms with Gasteiger partial charge in [-0.25, -0.2) is 4.79 Å². The Kier molecular flexibility index (Phi) is 2.87. The van der Waals surface area contributed by atoms with Crippen LogP contribution in [0.4, 0.5) is 5.69 Å². The second-order valence-corrected chi connectivity index (χ2v) is 9.55. The number of ether oxygens (including phenoxy) is 3. The summed E-state index contributed by atoms with van der Waals surface area (Å²) in [5.41, 5.74) is -2.67. The lowest BCUT2D eigenvalue weighted by Crippen LogP contribution is -2.88. The van der Waals surface area contributed by atoms with Gasteiger partial charge in [0.15, 0.2) is 11.5 Å². The zero-order chi connectivity index (χ0) is 20.5. The molecule has 8 heteroatoms. The van der Waals surface area contributed by atoms with Gasteiger partial charge in [0.05, 0.1) is 18.3 Å². The summed E-state index contributed by atoms with van der Waals surface area (Å²) < 4.78 is 16.5. The zero-order valence-electron chi connectivity index (χ0n) is 16.7. The molecule has 0 unspecified atom stereocenters. The number of anilines is 1. The minimum absolute atomic E-state index is 0.0298. The number of rotatable bonds is 1. The first kappa shape index (κ1) is 17.4. The fraction of sp³-hybridized carbons (Fsp3) is 0.591. The number of aliphatic hydroxyl groups excluding tert-OH is 1. The van der Waals surface area contributed by atoms with Crippen LogP contribution in [0.5, 0.6) is 11.5 Å². The van der Waals surface area contributed by atoms with Crippen LogP contribution in [-0.4, -0.2) is 71.4 Å². The van der Waals surface area contributed by atoms with Gasteiger partial charge in [0, 0.05) is 23.4 Å². The molecule has 3 N–H and O–H groups in total. The van der Waals surface area contributed by atoms with E-state index in [1.54, 1.807) is 0 Å². The Morgan fingerprint density at radius 3 is 3.00 bits per heavy atom. The Bertz CT molecular complexity index is 1040. The monoisotopic (exact) mass is 412 g/mol. The number of carbonyl (C=O) groups is 1. The molecule has 4 aliphatic heterocycles. The number of carbonyl (C=O) groups excluding carboxylic acids is 1. The van der Waals surface area contributed by atoms with Gasteiger partial charge < -0.3 is 29.7 Å². The molecule has 3 spiro atoms. The number of esters is 1. The third-order valence-electron chi connectivity index (χ3n) is 9.01. The van der Waals surface area contributed by atoms with Crippen molar-refractivity contribution in [1.29, 1.82) is 0 Å². The molecule has 0 aromatic heterocycles. The van der Waals surface area contributed by atoms with Crippen molar-refractivity contribution in [3.05, 3.63) is 29.8 Å². The third kappa shape index (κ3) is 1.40. The number of nitrogens with one attached hydrogen (secondary N) is 1. The highest BCUT2D eigenvalue weighted by Crippen LogP contribution is 2.75. The van der Waals surface area contributed by atoms with E-state index >= 15 is 0 Å². The van der Waals surface area contributed by atoms with Crippen molar-refractivity contribution in [2.45, 2.75) is 48.0 Å². The maximum atomic E-state index is 13.2. The van der Waals surface area contributed by atoms with E-state index in [0.29, 0.717) is 24.3 Å². The fourth-order valence-electron chi connectivity index (χ4n) is 8.12. The lowest BCUT2D eigenvalue weighted by atomic mass is 9.37. The summed E-state index contributed by atoms with van der Waals surface area (Å²) in [4.78, 5) is 15.6. The van der Waals surface area contributed by atoms with Crippen molar-refractivity contribution in [2.75, 3.05) is 32.3 Å².